The topological polar surface area (TPSA) is 40.9 Å². The number of hydrogen-bond acceptors (Lipinski definition) is 2. The molecule has 0 aliphatic heterocycles. The fraction of sp³-hybridized carbons (Fsp3) is 0.273. The number of nitrogens with zero attached hydrogens (tertiary/aromatic N) is 1. The molecule has 0 fully saturated rings. The maximum Gasteiger partial charge on any atom is 0.151 e. The predicted octanol–water partition coefficient (Wildman–Crippen LogP) is 2.22. The Labute approximate surface area is 88.1 Å². The van der Waals surface area contributed by atoms with Gasteiger partial charge in [-0.3, -0.25) is 4.79 Å². The number of carbonyl (C=O) groups is 1. The summed E-state index contributed by atoms with van der Waals surface area (Å²) in [6, 6.07) is 7.49. The Morgan fingerprint density at radius 3 is 2.86 bits per heavy atom. The second-order valence-corrected chi connectivity index (χ2v) is 3.39. The van der Waals surface area contributed by atoms with Crippen LogP contribution in [0.1, 0.15) is 16.7 Å². The summed E-state index contributed by atoms with van der Waals surface area (Å²) < 4.78 is 0. The molecule has 0 atom stereocenters. The Kier molecular flexibility index (Phi) is 3.67. The van der Waals surface area contributed by atoms with Crippen molar-refractivity contribution < 1.29 is 4.79 Å². The van der Waals surface area contributed by atoms with E-state index in [1.54, 1.807) is 6.07 Å². The normalized spacial score (nSPS) is 9.50. The lowest BCUT2D eigenvalue weighted by Crippen LogP contribution is -2.05. The molecule has 0 saturated carbocycles. The summed E-state index contributed by atoms with van der Waals surface area (Å²) in [4.78, 5) is 11.1. The minimum Gasteiger partial charge on any atom is -0.298 e. The number of carbonyl (C=O) groups excluding carboxylic acids is 1. The van der Waals surface area contributed by atoms with Gasteiger partial charge in [-0.05, 0) is 18.6 Å². The van der Waals surface area contributed by atoms with Crippen LogP contribution in [0.5, 0.6) is 0 Å². The first-order chi connectivity index (χ1) is 6.67. The number of hydrogen-bond donors (Lipinski definition) is 0. The van der Waals surface area contributed by atoms with E-state index in [0.717, 1.165) is 11.1 Å². The molecule has 0 spiro atoms. The molecule has 0 aliphatic rings. The second kappa shape index (κ2) is 4.78. The van der Waals surface area contributed by atoms with Crippen LogP contribution in [0.15, 0.2) is 18.2 Å². The van der Waals surface area contributed by atoms with E-state index in [0.29, 0.717) is 5.56 Å². The number of nitriles is 1. The van der Waals surface area contributed by atoms with Gasteiger partial charge in [0, 0.05) is 6.42 Å². The van der Waals surface area contributed by atoms with E-state index >= 15 is 0 Å². The molecule has 72 valence electrons. The van der Waals surface area contributed by atoms with Crippen molar-refractivity contribution >= 4 is 17.4 Å². The number of ketones is 1. The molecule has 0 saturated heterocycles. The number of Topliss-reactive ketones (excluding diaryl/α,β-unsaturated/α-hetero) is 1. The number of halogens is 1. The summed E-state index contributed by atoms with van der Waals surface area (Å²) in [5.41, 5.74) is 2.36. The van der Waals surface area contributed by atoms with Gasteiger partial charge in [0.25, 0.3) is 0 Å². The monoisotopic (exact) mass is 207 g/mol. The molecule has 1 rings (SSSR count). The number of alkyl halides is 1. The minimum absolute atomic E-state index is 0.00118. The maximum atomic E-state index is 11.1. The lowest BCUT2D eigenvalue weighted by molar-refractivity contribution is -0.116. The van der Waals surface area contributed by atoms with Gasteiger partial charge in [0.2, 0.25) is 0 Å². The van der Waals surface area contributed by atoms with Gasteiger partial charge in [-0.15, -0.1) is 11.6 Å². The lowest BCUT2D eigenvalue weighted by Gasteiger charge is -2.02. The van der Waals surface area contributed by atoms with Gasteiger partial charge in [0.05, 0.1) is 17.5 Å². The van der Waals surface area contributed by atoms with Gasteiger partial charge in [-0.1, -0.05) is 17.7 Å². The van der Waals surface area contributed by atoms with Crippen LogP contribution in [-0.2, 0) is 11.2 Å². The summed E-state index contributed by atoms with van der Waals surface area (Å²) in [6.45, 7) is 1.93. The van der Waals surface area contributed by atoms with Gasteiger partial charge in [0.15, 0.2) is 5.78 Å². The smallest absolute Gasteiger partial charge is 0.151 e. The molecular weight excluding hydrogens is 198 g/mol. The molecule has 0 amide bonds. The summed E-state index contributed by atoms with van der Waals surface area (Å²) in [5.74, 6) is -0.0625. The first kappa shape index (κ1) is 10.7. The summed E-state index contributed by atoms with van der Waals surface area (Å²) in [7, 11) is 0. The molecule has 0 radical (unpaired) electrons. The average molecular weight is 208 g/mol. The van der Waals surface area contributed by atoms with Crippen molar-refractivity contribution in [1.82, 2.24) is 0 Å². The molecule has 0 N–H and O–H groups in total. The molecule has 0 aliphatic carbocycles. The fourth-order valence-corrected chi connectivity index (χ4v) is 1.33. The molecule has 1 aromatic rings. The molecule has 0 heterocycles. The van der Waals surface area contributed by atoms with Gasteiger partial charge in [-0.25, -0.2) is 0 Å². The standard InChI is InChI=1S/C11H10ClNO/c1-8-2-3-9(7-13)10(4-8)5-11(14)6-12/h2-4H,5-6H2,1H3. The Morgan fingerprint density at radius 2 is 2.29 bits per heavy atom. The highest BCUT2D eigenvalue weighted by molar-refractivity contribution is 6.27. The highest BCUT2D eigenvalue weighted by Crippen LogP contribution is 2.12. The maximum absolute atomic E-state index is 11.1. The van der Waals surface area contributed by atoms with Crippen molar-refractivity contribution in [1.29, 1.82) is 5.26 Å². The summed E-state index contributed by atoms with van der Waals surface area (Å²) >= 11 is 5.40. The van der Waals surface area contributed by atoms with E-state index in [1.165, 1.54) is 0 Å². The molecule has 0 bridgehead atoms. The summed E-state index contributed by atoms with van der Waals surface area (Å²) in [5, 5.41) is 8.80. The van der Waals surface area contributed by atoms with Crippen LogP contribution >= 0.6 is 11.6 Å². The highest BCUT2D eigenvalue weighted by Gasteiger charge is 2.06. The third-order valence-corrected chi connectivity index (χ3v) is 2.22. The Balaban J connectivity index is 3.00. The molecule has 0 aromatic heterocycles. The largest absolute Gasteiger partial charge is 0.298 e. The van der Waals surface area contributed by atoms with Crippen LogP contribution in [0, 0.1) is 18.3 Å². The number of aryl methyl sites for hydroxylation is 1. The zero-order valence-corrected chi connectivity index (χ0v) is 8.64. The highest BCUT2D eigenvalue weighted by atomic mass is 35.5. The summed E-state index contributed by atoms with van der Waals surface area (Å²) in [6.07, 6.45) is 0.244. The second-order valence-electron chi connectivity index (χ2n) is 3.12. The van der Waals surface area contributed by atoms with Crippen LogP contribution in [0.4, 0.5) is 0 Å². The molecule has 3 heteroatoms. The first-order valence-corrected chi connectivity index (χ1v) is 4.78. The fourth-order valence-electron chi connectivity index (χ4n) is 1.24. The Bertz CT molecular complexity index is 393. The minimum atomic E-state index is -0.0613. The van der Waals surface area contributed by atoms with Gasteiger partial charge in [-0.2, -0.15) is 5.26 Å². The first-order valence-electron chi connectivity index (χ1n) is 4.24. The van der Waals surface area contributed by atoms with Crippen molar-refractivity contribution in [3.05, 3.63) is 34.9 Å². The van der Waals surface area contributed by atoms with Gasteiger partial charge >= 0.3 is 0 Å². The van der Waals surface area contributed by atoms with Crippen molar-refractivity contribution in [3.8, 4) is 6.07 Å². The molecular formula is C11H10ClNO. The SMILES string of the molecule is Cc1ccc(C#N)c(CC(=O)CCl)c1. The third kappa shape index (κ3) is 2.58. The third-order valence-electron chi connectivity index (χ3n) is 1.92. The molecule has 14 heavy (non-hydrogen) atoms. The van der Waals surface area contributed by atoms with Crippen LogP contribution in [0.2, 0.25) is 0 Å². The van der Waals surface area contributed by atoms with Crippen molar-refractivity contribution in [3.63, 3.8) is 0 Å². The molecule has 1 aromatic carbocycles. The lowest BCUT2D eigenvalue weighted by atomic mass is 10.0. The van der Waals surface area contributed by atoms with Gasteiger partial charge < -0.3 is 0 Å². The number of rotatable bonds is 3. The predicted molar refractivity (Wildman–Crippen MR) is 55.3 cm³/mol. The zero-order valence-electron chi connectivity index (χ0n) is 7.88. The van der Waals surface area contributed by atoms with Crippen molar-refractivity contribution in [2.75, 3.05) is 5.88 Å². The van der Waals surface area contributed by atoms with Crippen LogP contribution in [0.25, 0.3) is 0 Å². The van der Waals surface area contributed by atoms with E-state index in [2.05, 4.69) is 6.07 Å². The van der Waals surface area contributed by atoms with E-state index < -0.39 is 0 Å². The molecule has 2 nitrogen and oxygen atoms in total. The quantitative estimate of drug-likeness (QED) is 0.714. The molecule has 0 unspecified atom stereocenters. The Hall–Kier alpha value is -1.33. The average Bonchev–Trinajstić information content (AvgIpc) is 2.18. The van der Waals surface area contributed by atoms with E-state index in [-0.39, 0.29) is 18.1 Å². The zero-order chi connectivity index (χ0) is 10.6. The van der Waals surface area contributed by atoms with Gasteiger partial charge in [0.1, 0.15) is 0 Å². The van der Waals surface area contributed by atoms with E-state index in [9.17, 15) is 4.79 Å². The Morgan fingerprint density at radius 1 is 1.57 bits per heavy atom. The van der Waals surface area contributed by atoms with Crippen molar-refractivity contribution in [2.24, 2.45) is 0 Å². The van der Waals surface area contributed by atoms with Crippen molar-refractivity contribution in [2.45, 2.75) is 13.3 Å². The van der Waals surface area contributed by atoms with E-state index in [4.69, 9.17) is 16.9 Å². The van der Waals surface area contributed by atoms with Crippen LogP contribution in [-0.4, -0.2) is 11.7 Å². The van der Waals surface area contributed by atoms with E-state index in [1.807, 2.05) is 19.1 Å². The number of benzene rings is 1. The van der Waals surface area contributed by atoms with Crippen LogP contribution < -0.4 is 0 Å². The van der Waals surface area contributed by atoms with Crippen LogP contribution in [0.3, 0.4) is 0 Å².